The third kappa shape index (κ3) is 3.76. The molecule has 0 aliphatic rings. The summed E-state index contributed by atoms with van der Waals surface area (Å²) in [6, 6.07) is 3.52. The first-order valence-electron chi connectivity index (χ1n) is 6.85. The van der Waals surface area contributed by atoms with Crippen molar-refractivity contribution < 1.29 is 14.3 Å². The standard InChI is InChI=1S/C16H23NO3/c1-5-7-11-20-15-12(8-6-2)14(19-4)10-9-13(15)16(18)17-3/h6,9-10H,2,5,7-8,11H2,1,3-4H3,(H,17,18). The number of allylic oxidation sites excluding steroid dienone is 1. The molecule has 0 saturated carbocycles. The molecule has 1 amide bonds. The van der Waals surface area contributed by atoms with E-state index in [4.69, 9.17) is 9.47 Å². The van der Waals surface area contributed by atoms with Gasteiger partial charge in [-0.3, -0.25) is 4.79 Å². The van der Waals surface area contributed by atoms with Crippen LogP contribution in [0.5, 0.6) is 11.5 Å². The highest BCUT2D eigenvalue weighted by Crippen LogP contribution is 2.33. The van der Waals surface area contributed by atoms with Gasteiger partial charge in [0.25, 0.3) is 5.91 Å². The molecule has 0 spiro atoms. The van der Waals surface area contributed by atoms with Gasteiger partial charge in [0, 0.05) is 12.6 Å². The Bertz CT molecular complexity index is 469. The fourth-order valence-corrected chi connectivity index (χ4v) is 1.94. The van der Waals surface area contributed by atoms with E-state index < -0.39 is 0 Å². The number of nitrogens with one attached hydrogen (secondary N) is 1. The Labute approximate surface area is 120 Å². The molecule has 4 nitrogen and oxygen atoms in total. The van der Waals surface area contributed by atoms with Gasteiger partial charge in [-0.2, -0.15) is 0 Å². The highest BCUT2D eigenvalue weighted by Gasteiger charge is 2.18. The first-order chi connectivity index (χ1) is 9.69. The van der Waals surface area contributed by atoms with Crippen molar-refractivity contribution >= 4 is 5.91 Å². The number of carbonyl (C=O) groups excluding carboxylic acids is 1. The van der Waals surface area contributed by atoms with Crippen molar-refractivity contribution in [2.45, 2.75) is 26.2 Å². The number of rotatable bonds is 8. The molecule has 1 N–H and O–H groups in total. The van der Waals surface area contributed by atoms with Crippen molar-refractivity contribution in [1.82, 2.24) is 5.32 Å². The molecule has 0 bridgehead atoms. The lowest BCUT2D eigenvalue weighted by Crippen LogP contribution is -2.20. The zero-order valence-corrected chi connectivity index (χ0v) is 12.5. The van der Waals surface area contributed by atoms with Crippen molar-refractivity contribution in [3.05, 3.63) is 35.9 Å². The molecule has 0 unspecified atom stereocenters. The van der Waals surface area contributed by atoms with E-state index in [1.807, 2.05) is 0 Å². The van der Waals surface area contributed by atoms with Gasteiger partial charge in [0.05, 0.1) is 19.3 Å². The number of benzene rings is 1. The molecule has 0 aliphatic carbocycles. The number of unbranched alkanes of at least 4 members (excludes halogenated alkanes) is 1. The first-order valence-corrected chi connectivity index (χ1v) is 6.85. The van der Waals surface area contributed by atoms with Crippen molar-refractivity contribution in [3.63, 3.8) is 0 Å². The molecule has 0 heterocycles. The van der Waals surface area contributed by atoms with Gasteiger partial charge < -0.3 is 14.8 Å². The normalized spacial score (nSPS) is 9.95. The third-order valence-electron chi connectivity index (χ3n) is 3.00. The Morgan fingerprint density at radius 2 is 2.20 bits per heavy atom. The minimum atomic E-state index is -0.163. The van der Waals surface area contributed by atoms with Crippen molar-refractivity contribution in [1.29, 1.82) is 0 Å². The fraction of sp³-hybridized carbons (Fsp3) is 0.438. The lowest BCUT2D eigenvalue weighted by Gasteiger charge is -2.17. The smallest absolute Gasteiger partial charge is 0.254 e. The largest absolute Gasteiger partial charge is 0.496 e. The monoisotopic (exact) mass is 277 g/mol. The van der Waals surface area contributed by atoms with Crippen LogP contribution in [0.4, 0.5) is 0 Å². The van der Waals surface area contributed by atoms with Crippen LogP contribution in [-0.4, -0.2) is 26.7 Å². The average Bonchev–Trinajstić information content (AvgIpc) is 2.48. The van der Waals surface area contributed by atoms with Gasteiger partial charge >= 0.3 is 0 Å². The van der Waals surface area contributed by atoms with Crippen LogP contribution in [0.2, 0.25) is 0 Å². The number of ether oxygens (including phenoxy) is 2. The summed E-state index contributed by atoms with van der Waals surface area (Å²) in [6.07, 6.45) is 4.35. The first kappa shape index (κ1) is 16.1. The van der Waals surface area contributed by atoms with Crippen LogP contribution in [-0.2, 0) is 6.42 Å². The van der Waals surface area contributed by atoms with Gasteiger partial charge in [-0.05, 0) is 25.0 Å². The zero-order valence-electron chi connectivity index (χ0n) is 12.5. The predicted octanol–water partition coefficient (Wildman–Crippen LogP) is 2.96. The summed E-state index contributed by atoms with van der Waals surface area (Å²) in [5.74, 6) is 1.14. The summed E-state index contributed by atoms with van der Waals surface area (Å²) in [5, 5.41) is 2.63. The second-order valence-corrected chi connectivity index (χ2v) is 4.40. The molecule has 4 heteroatoms. The van der Waals surface area contributed by atoms with Crippen LogP contribution in [0.3, 0.4) is 0 Å². The van der Waals surface area contributed by atoms with Crippen molar-refractivity contribution in [3.8, 4) is 11.5 Å². The molecule has 0 aromatic heterocycles. The van der Waals surface area contributed by atoms with Crippen LogP contribution in [0.25, 0.3) is 0 Å². The molecular weight excluding hydrogens is 254 g/mol. The Kier molecular flexibility index (Phi) is 6.64. The second kappa shape index (κ2) is 8.25. The predicted molar refractivity (Wildman–Crippen MR) is 80.7 cm³/mol. The average molecular weight is 277 g/mol. The highest BCUT2D eigenvalue weighted by molar-refractivity contribution is 5.97. The maximum atomic E-state index is 12.0. The summed E-state index contributed by atoms with van der Waals surface area (Å²) >= 11 is 0. The van der Waals surface area contributed by atoms with Crippen LogP contribution in [0.1, 0.15) is 35.7 Å². The second-order valence-electron chi connectivity index (χ2n) is 4.40. The fourth-order valence-electron chi connectivity index (χ4n) is 1.94. The number of hydrogen-bond acceptors (Lipinski definition) is 3. The minimum Gasteiger partial charge on any atom is -0.496 e. The van der Waals surface area contributed by atoms with Crippen molar-refractivity contribution in [2.24, 2.45) is 0 Å². The highest BCUT2D eigenvalue weighted by atomic mass is 16.5. The third-order valence-corrected chi connectivity index (χ3v) is 3.00. The summed E-state index contributed by atoms with van der Waals surface area (Å²) in [6.45, 7) is 6.43. The molecule has 1 aromatic rings. The van der Waals surface area contributed by atoms with Gasteiger partial charge in [-0.1, -0.05) is 19.4 Å². The minimum absolute atomic E-state index is 0.163. The molecule has 0 aliphatic heterocycles. The molecule has 1 rings (SSSR count). The number of carbonyl (C=O) groups is 1. The van der Waals surface area contributed by atoms with Gasteiger partial charge in [0.2, 0.25) is 0 Å². The Morgan fingerprint density at radius 1 is 1.45 bits per heavy atom. The Morgan fingerprint density at radius 3 is 2.75 bits per heavy atom. The van der Waals surface area contributed by atoms with Gasteiger partial charge in [0.15, 0.2) is 0 Å². The van der Waals surface area contributed by atoms with E-state index in [0.717, 1.165) is 18.4 Å². The summed E-state index contributed by atoms with van der Waals surface area (Å²) in [5.41, 5.74) is 1.39. The lowest BCUT2D eigenvalue weighted by atomic mass is 10.0. The lowest BCUT2D eigenvalue weighted by molar-refractivity contribution is 0.0958. The quantitative estimate of drug-likeness (QED) is 0.587. The molecule has 0 saturated heterocycles. The van der Waals surface area contributed by atoms with Crippen LogP contribution >= 0.6 is 0 Å². The van der Waals surface area contributed by atoms with E-state index in [1.165, 1.54) is 0 Å². The van der Waals surface area contributed by atoms with E-state index in [9.17, 15) is 4.79 Å². The van der Waals surface area contributed by atoms with Gasteiger partial charge in [-0.15, -0.1) is 6.58 Å². The summed E-state index contributed by atoms with van der Waals surface area (Å²) in [7, 11) is 3.22. The summed E-state index contributed by atoms with van der Waals surface area (Å²) in [4.78, 5) is 12.0. The van der Waals surface area contributed by atoms with Crippen LogP contribution in [0, 0.1) is 0 Å². The van der Waals surface area contributed by atoms with Crippen LogP contribution < -0.4 is 14.8 Å². The van der Waals surface area contributed by atoms with E-state index >= 15 is 0 Å². The van der Waals surface area contributed by atoms with Crippen LogP contribution in [0.15, 0.2) is 24.8 Å². The zero-order chi connectivity index (χ0) is 15.0. The Balaban J connectivity index is 3.25. The molecule has 20 heavy (non-hydrogen) atoms. The molecular formula is C16H23NO3. The maximum Gasteiger partial charge on any atom is 0.254 e. The molecule has 0 atom stereocenters. The number of hydrogen-bond donors (Lipinski definition) is 1. The van der Waals surface area contributed by atoms with Gasteiger partial charge in [-0.25, -0.2) is 0 Å². The molecule has 0 fully saturated rings. The maximum absolute atomic E-state index is 12.0. The molecule has 110 valence electrons. The van der Waals surface area contributed by atoms with E-state index in [2.05, 4.69) is 18.8 Å². The van der Waals surface area contributed by atoms with E-state index in [1.54, 1.807) is 32.4 Å². The summed E-state index contributed by atoms with van der Waals surface area (Å²) < 4.78 is 11.2. The van der Waals surface area contributed by atoms with E-state index in [-0.39, 0.29) is 5.91 Å². The van der Waals surface area contributed by atoms with Gasteiger partial charge in [0.1, 0.15) is 11.5 Å². The topological polar surface area (TPSA) is 47.6 Å². The molecule has 0 radical (unpaired) electrons. The Hall–Kier alpha value is -1.97. The van der Waals surface area contributed by atoms with Crippen molar-refractivity contribution in [2.75, 3.05) is 20.8 Å². The number of amides is 1. The molecule has 1 aromatic carbocycles. The van der Waals surface area contributed by atoms with E-state index in [0.29, 0.717) is 30.1 Å². The number of methoxy groups -OCH3 is 1. The SMILES string of the molecule is C=CCc1c(OC)ccc(C(=O)NC)c1OCCCC.